The molecule has 80 valence electrons. The molecule has 0 saturated heterocycles. The minimum absolute atomic E-state index is 0.940. The highest BCUT2D eigenvalue weighted by Gasteiger charge is 2.09. The maximum Gasteiger partial charge on any atom is 0.119 e. The Morgan fingerprint density at radius 3 is 2.87 bits per heavy atom. The van der Waals surface area contributed by atoms with Gasteiger partial charge in [-0.1, -0.05) is 12.1 Å². The molecule has 1 aliphatic rings. The van der Waals surface area contributed by atoms with Crippen LogP contribution >= 0.6 is 0 Å². The number of hydrogen-bond acceptors (Lipinski definition) is 2. The third kappa shape index (κ3) is 2.21. The van der Waals surface area contributed by atoms with Crippen molar-refractivity contribution in [2.75, 3.05) is 20.2 Å². The zero-order chi connectivity index (χ0) is 10.7. The van der Waals surface area contributed by atoms with Crippen LogP contribution in [0.5, 0.6) is 5.75 Å². The van der Waals surface area contributed by atoms with Gasteiger partial charge in [-0.05, 0) is 48.7 Å². The number of nitrogens with one attached hydrogen (secondary N) is 1. The van der Waals surface area contributed by atoms with Crippen LogP contribution < -0.4 is 10.1 Å². The summed E-state index contributed by atoms with van der Waals surface area (Å²) in [7, 11) is 1.71. The topological polar surface area (TPSA) is 21.3 Å². The Labute approximate surface area is 91.0 Å². The first-order valence-corrected chi connectivity index (χ1v) is 5.36. The van der Waals surface area contributed by atoms with Crippen molar-refractivity contribution in [1.82, 2.24) is 5.32 Å². The lowest BCUT2D eigenvalue weighted by atomic mass is 9.96. The van der Waals surface area contributed by atoms with Crippen molar-refractivity contribution in [2.45, 2.75) is 13.3 Å². The number of hydrogen-bond donors (Lipinski definition) is 1. The summed E-state index contributed by atoms with van der Waals surface area (Å²) >= 11 is 0. The molecule has 15 heavy (non-hydrogen) atoms. The lowest BCUT2D eigenvalue weighted by Gasteiger charge is -2.16. The quantitative estimate of drug-likeness (QED) is 0.796. The van der Waals surface area contributed by atoms with E-state index in [1.165, 1.54) is 16.7 Å². The molecule has 0 spiro atoms. The number of ether oxygens (including phenoxy) is 1. The molecule has 1 aliphatic heterocycles. The van der Waals surface area contributed by atoms with Gasteiger partial charge in [0.15, 0.2) is 0 Å². The first-order valence-electron chi connectivity index (χ1n) is 5.36. The average Bonchev–Trinajstić information content (AvgIpc) is 2.31. The van der Waals surface area contributed by atoms with Gasteiger partial charge in [-0.15, -0.1) is 0 Å². The van der Waals surface area contributed by atoms with Gasteiger partial charge in [-0.3, -0.25) is 0 Å². The zero-order valence-electron chi connectivity index (χ0n) is 9.34. The van der Waals surface area contributed by atoms with E-state index >= 15 is 0 Å². The molecule has 0 aliphatic carbocycles. The summed E-state index contributed by atoms with van der Waals surface area (Å²) in [6, 6.07) is 6.27. The number of aryl methyl sites for hydroxylation is 1. The fourth-order valence-electron chi connectivity index (χ4n) is 1.94. The first-order chi connectivity index (χ1) is 7.31. The Kier molecular flexibility index (Phi) is 3.07. The van der Waals surface area contributed by atoms with Crippen molar-refractivity contribution in [3.05, 3.63) is 35.4 Å². The summed E-state index contributed by atoms with van der Waals surface area (Å²) in [5.74, 6) is 0.940. The molecule has 0 unspecified atom stereocenters. The van der Waals surface area contributed by atoms with Crippen LogP contribution in [0.4, 0.5) is 0 Å². The van der Waals surface area contributed by atoms with Crippen molar-refractivity contribution in [2.24, 2.45) is 0 Å². The molecule has 0 fully saturated rings. The molecule has 1 aromatic carbocycles. The van der Waals surface area contributed by atoms with Gasteiger partial charge in [-0.2, -0.15) is 0 Å². The van der Waals surface area contributed by atoms with Gasteiger partial charge in [0, 0.05) is 6.54 Å². The fraction of sp³-hybridized carbons (Fsp3) is 0.385. The third-order valence-corrected chi connectivity index (χ3v) is 2.85. The van der Waals surface area contributed by atoms with Gasteiger partial charge in [0.25, 0.3) is 0 Å². The van der Waals surface area contributed by atoms with Crippen molar-refractivity contribution < 1.29 is 4.74 Å². The van der Waals surface area contributed by atoms with E-state index in [4.69, 9.17) is 4.74 Å². The lowest BCUT2D eigenvalue weighted by Crippen LogP contribution is -2.20. The molecule has 0 saturated carbocycles. The predicted octanol–water partition coefficient (Wildman–Crippen LogP) is 2.38. The van der Waals surface area contributed by atoms with Crippen LogP contribution in [-0.2, 0) is 0 Å². The van der Waals surface area contributed by atoms with E-state index in [-0.39, 0.29) is 0 Å². The molecule has 1 N–H and O–H groups in total. The van der Waals surface area contributed by atoms with Gasteiger partial charge in [-0.25, -0.2) is 0 Å². The molecule has 0 aromatic heterocycles. The average molecular weight is 203 g/mol. The molecular formula is C13H17NO. The number of methoxy groups -OCH3 is 1. The Morgan fingerprint density at radius 1 is 1.33 bits per heavy atom. The van der Waals surface area contributed by atoms with Gasteiger partial charge < -0.3 is 10.1 Å². The van der Waals surface area contributed by atoms with Crippen molar-refractivity contribution in [1.29, 1.82) is 0 Å². The van der Waals surface area contributed by atoms with Crippen LogP contribution in [0.2, 0.25) is 0 Å². The van der Waals surface area contributed by atoms with Crippen LogP contribution in [0.1, 0.15) is 17.5 Å². The standard InChI is InChI=1S/C13H17NO/c1-10-3-4-12(15-2)9-13(10)11-5-7-14-8-6-11/h3-5,9,14H,6-8H2,1-2H3. The second-order valence-corrected chi connectivity index (χ2v) is 3.86. The lowest BCUT2D eigenvalue weighted by molar-refractivity contribution is 0.414. The Bertz CT molecular complexity index is 382. The summed E-state index contributed by atoms with van der Waals surface area (Å²) in [5, 5.41) is 3.32. The number of benzene rings is 1. The molecule has 0 radical (unpaired) electrons. The summed E-state index contributed by atoms with van der Waals surface area (Å²) in [4.78, 5) is 0. The molecule has 1 heterocycles. The normalized spacial score (nSPS) is 16.0. The Morgan fingerprint density at radius 2 is 2.20 bits per heavy atom. The molecule has 2 heteroatoms. The minimum Gasteiger partial charge on any atom is -0.497 e. The maximum absolute atomic E-state index is 5.26. The summed E-state index contributed by atoms with van der Waals surface area (Å²) < 4.78 is 5.26. The van der Waals surface area contributed by atoms with Gasteiger partial charge in [0.1, 0.15) is 5.75 Å². The second-order valence-electron chi connectivity index (χ2n) is 3.86. The second kappa shape index (κ2) is 4.49. The van der Waals surface area contributed by atoms with E-state index in [1.807, 2.05) is 6.07 Å². The SMILES string of the molecule is COc1ccc(C)c(C2=CCNCC2)c1. The predicted molar refractivity (Wildman–Crippen MR) is 63.2 cm³/mol. The highest BCUT2D eigenvalue weighted by atomic mass is 16.5. The van der Waals surface area contributed by atoms with E-state index < -0.39 is 0 Å². The van der Waals surface area contributed by atoms with Crippen LogP contribution in [0.25, 0.3) is 5.57 Å². The molecule has 0 bridgehead atoms. The molecular weight excluding hydrogens is 186 g/mol. The monoisotopic (exact) mass is 203 g/mol. The summed E-state index contributed by atoms with van der Waals surface area (Å²) in [6.45, 7) is 4.20. The third-order valence-electron chi connectivity index (χ3n) is 2.85. The smallest absolute Gasteiger partial charge is 0.119 e. The molecule has 0 amide bonds. The molecule has 2 rings (SSSR count). The van der Waals surface area contributed by atoms with E-state index in [2.05, 4.69) is 30.4 Å². The van der Waals surface area contributed by atoms with E-state index in [0.29, 0.717) is 0 Å². The Balaban J connectivity index is 2.37. The van der Waals surface area contributed by atoms with Crippen LogP contribution in [0.15, 0.2) is 24.3 Å². The largest absolute Gasteiger partial charge is 0.497 e. The van der Waals surface area contributed by atoms with Crippen molar-refractivity contribution in [3.8, 4) is 5.75 Å². The van der Waals surface area contributed by atoms with Crippen molar-refractivity contribution >= 4 is 5.57 Å². The first kappa shape index (κ1) is 10.2. The van der Waals surface area contributed by atoms with Crippen LogP contribution in [-0.4, -0.2) is 20.2 Å². The minimum atomic E-state index is 0.940. The highest BCUT2D eigenvalue weighted by Crippen LogP contribution is 2.26. The van der Waals surface area contributed by atoms with E-state index in [9.17, 15) is 0 Å². The maximum atomic E-state index is 5.26. The zero-order valence-corrected chi connectivity index (χ0v) is 9.34. The van der Waals surface area contributed by atoms with E-state index in [0.717, 1.165) is 25.3 Å². The fourth-order valence-corrected chi connectivity index (χ4v) is 1.94. The molecule has 2 nitrogen and oxygen atoms in total. The Hall–Kier alpha value is -1.28. The molecule has 0 atom stereocenters. The summed E-state index contributed by atoms with van der Waals surface area (Å²) in [6.07, 6.45) is 3.37. The molecule has 1 aromatic rings. The van der Waals surface area contributed by atoms with Crippen LogP contribution in [0.3, 0.4) is 0 Å². The van der Waals surface area contributed by atoms with Gasteiger partial charge in [0.05, 0.1) is 7.11 Å². The van der Waals surface area contributed by atoms with E-state index in [1.54, 1.807) is 7.11 Å². The van der Waals surface area contributed by atoms with Gasteiger partial charge >= 0.3 is 0 Å². The van der Waals surface area contributed by atoms with Crippen LogP contribution in [0, 0.1) is 6.92 Å². The summed E-state index contributed by atoms with van der Waals surface area (Å²) in [5.41, 5.74) is 4.09. The van der Waals surface area contributed by atoms with Crippen molar-refractivity contribution in [3.63, 3.8) is 0 Å². The number of rotatable bonds is 2. The van der Waals surface area contributed by atoms with Gasteiger partial charge in [0.2, 0.25) is 0 Å². The highest BCUT2D eigenvalue weighted by molar-refractivity contribution is 5.70.